The number of fused-ring (bicyclic) bond motifs is 1. The number of benzene rings is 2. The minimum atomic E-state index is -0.320. The molecule has 2 heterocycles. The van der Waals surface area contributed by atoms with Crippen LogP contribution in [0.2, 0.25) is 0 Å². The van der Waals surface area contributed by atoms with Crippen LogP contribution in [0.5, 0.6) is 5.75 Å². The number of aromatic nitrogens is 2. The topological polar surface area (TPSA) is 90.4 Å². The van der Waals surface area contributed by atoms with E-state index in [2.05, 4.69) is 15.5 Å². The number of ether oxygens (including phenoxy) is 1. The summed E-state index contributed by atoms with van der Waals surface area (Å²) in [5, 5.41) is 11.3. The van der Waals surface area contributed by atoms with E-state index in [0.717, 1.165) is 16.5 Å². The normalized spacial score (nSPS) is 10.9. The molecule has 1 N–H and O–H groups in total. The van der Waals surface area contributed by atoms with Gasteiger partial charge in [-0.1, -0.05) is 23.3 Å². The summed E-state index contributed by atoms with van der Waals surface area (Å²) >= 11 is 0. The van der Waals surface area contributed by atoms with Crippen LogP contribution < -0.4 is 10.1 Å². The summed E-state index contributed by atoms with van der Waals surface area (Å²) in [7, 11) is 1.57. The van der Waals surface area contributed by atoms with Crippen molar-refractivity contribution in [2.24, 2.45) is 0 Å². The van der Waals surface area contributed by atoms with Gasteiger partial charge < -0.3 is 13.6 Å². The van der Waals surface area contributed by atoms with Crippen LogP contribution in [0.3, 0.4) is 0 Å². The first-order valence-electron chi connectivity index (χ1n) is 8.34. The minimum absolute atomic E-state index is 0.000601. The van der Waals surface area contributed by atoms with Gasteiger partial charge in [0.2, 0.25) is 0 Å². The quantitative estimate of drug-likeness (QED) is 0.579. The van der Waals surface area contributed by atoms with Gasteiger partial charge in [0.05, 0.1) is 7.11 Å². The van der Waals surface area contributed by atoms with Crippen LogP contribution in [-0.4, -0.2) is 23.2 Å². The molecule has 1 amide bonds. The van der Waals surface area contributed by atoms with Gasteiger partial charge >= 0.3 is 6.01 Å². The molecule has 136 valence electrons. The van der Waals surface area contributed by atoms with E-state index in [9.17, 15) is 4.79 Å². The predicted molar refractivity (Wildman–Crippen MR) is 99.9 cm³/mol. The number of para-hydroxylation sites is 1. The molecule has 0 saturated carbocycles. The molecule has 0 fully saturated rings. The van der Waals surface area contributed by atoms with Crippen LogP contribution in [-0.2, 0) is 0 Å². The number of anilines is 1. The summed E-state index contributed by atoms with van der Waals surface area (Å²) in [6.07, 6.45) is 0. The fourth-order valence-corrected chi connectivity index (χ4v) is 2.73. The van der Waals surface area contributed by atoms with Gasteiger partial charge in [-0.25, -0.2) is 0 Å². The van der Waals surface area contributed by atoms with Crippen LogP contribution in [0.4, 0.5) is 6.01 Å². The number of nitrogens with zero attached hydrogens (tertiary/aromatic N) is 2. The third kappa shape index (κ3) is 3.15. The van der Waals surface area contributed by atoms with Crippen molar-refractivity contribution in [2.75, 3.05) is 12.4 Å². The molecular weight excluding hydrogens is 346 g/mol. The second-order valence-corrected chi connectivity index (χ2v) is 6.15. The maximum atomic E-state index is 12.4. The van der Waals surface area contributed by atoms with Crippen molar-refractivity contribution in [1.29, 1.82) is 0 Å². The van der Waals surface area contributed by atoms with Gasteiger partial charge in [0.15, 0.2) is 17.1 Å². The molecule has 0 bridgehead atoms. The van der Waals surface area contributed by atoms with E-state index < -0.39 is 0 Å². The maximum Gasteiger partial charge on any atom is 0.322 e. The number of aryl methyl sites for hydroxylation is 2. The van der Waals surface area contributed by atoms with E-state index in [1.807, 2.05) is 38.1 Å². The molecule has 2 aromatic carbocycles. The minimum Gasteiger partial charge on any atom is -0.493 e. The highest BCUT2D eigenvalue weighted by molar-refractivity contribution is 6.03. The molecule has 7 nitrogen and oxygen atoms in total. The van der Waals surface area contributed by atoms with E-state index in [1.54, 1.807) is 25.3 Å². The lowest BCUT2D eigenvalue weighted by Crippen LogP contribution is -2.12. The predicted octanol–water partition coefficient (Wildman–Crippen LogP) is 4.36. The van der Waals surface area contributed by atoms with Gasteiger partial charge in [0, 0.05) is 10.9 Å². The van der Waals surface area contributed by atoms with Crippen molar-refractivity contribution in [1.82, 2.24) is 10.2 Å². The summed E-state index contributed by atoms with van der Waals surface area (Å²) in [4.78, 5) is 12.4. The van der Waals surface area contributed by atoms with Gasteiger partial charge in [-0.2, -0.15) is 0 Å². The van der Waals surface area contributed by atoms with Crippen LogP contribution in [0.25, 0.3) is 22.6 Å². The molecule has 4 aromatic rings. The average molecular weight is 363 g/mol. The van der Waals surface area contributed by atoms with Crippen molar-refractivity contribution in [3.8, 4) is 17.4 Å². The fourth-order valence-electron chi connectivity index (χ4n) is 2.73. The summed E-state index contributed by atoms with van der Waals surface area (Å²) in [5.74, 6) is 0.860. The molecule has 2 aromatic heterocycles. The number of nitrogens with one attached hydrogen (secondary N) is 1. The Kier molecular flexibility index (Phi) is 4.12. The average Bonchev–Trinajstić information content (AvgIpc) is 3.30. The summed E-state index contributed by atoms with van der Waals surface area (Å²) in [5.41, 5.74) is 3.26. The summed E-state index contributed by atoms with van der Waals surface area (Å²) in [6, 6.07) is 12.8. The first-order valence-corrected chi connectivity index (χ1v) is 8.34. The van der Waals surface area contributed by atoms with Crippen LogP contribution in [0, 0.1) is 13.8 Å². The second-order valence-electron chi connectivity index (χ2n) is 6.15. The standard InChI is InChI=1S/C20H17N3O4/c1-11-7-8-14(9-12(11)2)18(24)21-20-23-22-19(27-20)16-10-13-5-4-6-15(25-3)17(13)26-16/h4-10H,1-3H3,(H,21,23,24). The lowest BCUT2D eigenvalue weighted by Gasteiger charge is -2.04. The molecule has 0 radical (unpaired) electrons. The smallest absolute Gasteiger partial charge is 0.322 e. The lowest BCUT2D eigenvalue weighted by molar-refractivity contribution is 0.102. The Morgan fingerprint density at radius 3 is 2.67 bits per heavy atom. The molecule has 4 rings (SSSR count). The first-order chi connectivity index (χ1) is 13.0. The molecule has 0 aliphatic carbocycles. The second kappa shape index (κ2) is 6.60. The van der Waals surface area contributed by atoms with Gasteiger partial charge in [-0.15, -0.1) is 5.10 Å². The number of rotatable bonds is 4. The highest BCUT2D eigenvalue weighted by atomic mass is 16.5. The highest BCUT2D eigenvalue weighted by Crippen LogP contribution is 2.33. The Labute approximate surface area is 155 Å². The van der Waals surface area contributed by atoms with Crippen molar-refractivity contribution in [2.45, 2.75) is 13.8 Å². The number of methoxy groups -OCH3 is 1. The Bertz CT molecular complexity index is 1140. The molecule has 0 spiro atoms. The Hall–Kier alpha value is -3.61. The van der Waals surface area contributed by atoms with Crippen LogP contribution in [0.15, 0.2) is 51.3 Å². The van der Waals surface area contributed by atoms with E-state index in [1.165, 1.54) is 0 Å². The van der Waals surface area contributed by atoms with Crippen molar-refractivity contribution in [3.63, 3.8) is 0 Å². The zero-order chi connectivity index (χ0) is 19.0. The third-order valence-corrected chi connectivity index (χ3v) is 4.35. The Morgan fingerprint density at radius 1 is 1.04 bits per heavy atom. The zero-order valence-electron chi connectivity index (χ0n) is 15.1. The molecule has 0 unspecified atom stereocenters. The zero-order valence-corrected chi connectivity index (χ0v) is 15.1. The van der Waals surface area contributed by atoms with E-state index in [-0.39, 0.29) is 17.8 Å². The van der Waals surface area contributed by atoms with Crippen molar-refractivity contribution < 1.29 is 18.4 Å². The Balaban J connectivity index is 1.58. The number of carbonyl (C=O) groups is 1. The number of carbonyl (C=O) groups excluding carboxylic acids is 1. The van der Waals surface area contributed by atoms with Crippen LogP contribution in [0.1, 0.15) is 21.5 Å². The van der Waals surface area contributed by atoms with Crippen molar-refractivity contribution >= 4 is 22.9 Å². The van der Waals surface area contributed by atoms with Crippen molar-refractivity contribution in [3.05, 3.63) is 59.2 Å². The Morgan fingerprint density at radius 2 is 1.89 bits per heavy atom. The van der Waals surface area contributed by atoms with Gasteiger partial charge in [-0.05, 0) is 49.2 Å². The first kappa shape index (κ1) is 16.8. The maximum absolute atomic E-state index is 12.4. The number of furan rings is 1. The van der Waals surface area contributed by atoms with E-state index in [4.69, 9.17) is 13.6 Å². The summed E-state index contributed by atoms with van der Waals surface area (Å²) < 4.78 is 16.6. The third-order valence-electron chi connectivity index (χ3n) is 4.35. The molecule has 27 heavy (non-hydrogen) atoms. The molecule has 7 heteroatoms. The number of hydrogen-bond donors (Lipinski definition) is 1. The molecular formula is C20H17N3O4. The van der Waals surface area contributed by atoms with E-state index >= 15 is 0 Å². The lowest BCUT2D eigenvalue weighted by atomic mass is 10.1. The molecule has 0 saturated heterocycles. The van der Waals surface area contributed by atoms with Crippen LogP contribution >= 0.6 is 0 Å². The molecule has 0 aliphatic heterocycles. The molecule has 0 atom stereocenters. The number of amides is 1. The molecule has 0 aliphatic rings. The van der Waals surface area contributed by atoms with Gasteiger partial charge in [-0.3, -0.25) is 10.1 Å². The fraction of sp³-hybridized carbons (Fsp3) is 0.150. The monoisotopic (exact) mass is 363 g/mol. The SMILES string of the molecule is COc1cccc2cc(-c3nnc(NC(=O)c4ccc(C)c(C)c4)o3)oc12. The largest absolute Gasteiger partial charge is 0.493 e. The van der Waals surface area contributed by atoms with Gasteiger partial charge in [0.1, 0.15) is 0 Å². The highest BCUT2D eigenvalue weighted by Gasteiger charge is 2.17. The number of hydrogen-bond acceptors (Lipinski definition) is 6. The van der Waals surface area contributed by atoms with Gasteiger partial charge in [0.25, 0.3) is 11.8 Å². The summed E-state index contributed by atoms with van der Waals surface area (Å²) in [6.45, 7) is 3.94. The van der Waals surface area contributed by atoms with E-state index in [0.29, 0.717) is 22.7 Å².